The fraction of sp³-hybridized carbons (Fsp3) is 0.333. The highest BCUT2D eigenvalue weighted by Crippen LogP contribution is 2.42. The molecule has 0 bridgehead atoms. The van der Waals surface area contributed by atoms with Gasteiger partial charge in [-0.25, -0.2) is 0 Å². The molecule has 0 fully saturated rings. The van der Waals surface area contributed by atoms with Crippen molar-refractivity contribution in [2.24, 2.45) is 0 Å². The molecular formula is C30H35NO4. The summed E-state index contributed by atoms with van der Waals surface area (Å²) < 4.78 is 22.4. The van der Waals surface area contributed by atoms with Gasteiger partial charge in [0.2, 0.25) is 0 Å². The number of nitrogens with zero attached hydrogens (tertiary/aromatic N) is 1. The Morgan fingerprint density at radius 2 is 1.51 bits per heavy atom. The van der Waals surface area contributed by atoms with E-state index in [1.807, 2.05) is 38.1 Å². The van der Waals surface area contributed by atoms with Gasteiger partial charge in [-0.1, -0.05) is 36.4 Å². The van der Waals surface area contributed by atoms with E-state index in [4.69, 9.17) is 18.9 Å². The summed E-state index contributed by atoms with van der Waals surface area (Å²) in [6.45, 7) is 2.27. The van der Waals surface area contributed by atoms with Crippen LogP contribution in [0.1, 0.15) is 42.0 Å². The summed E-state index contributed by atoms with van der Waals surface area (Å²) >= 11 is 0. The van der Waals surface area contributed by atoms with Crippen molar-refractivity contribution in [3.8, 4) is 17.2 Å². The summed E-state index contributed by atoms with van der Waals surface area (Å²) in [5.41, 5.74) is 7.43. The van der Waals surface area contributed by atoms with Crippen LogP contribution in [0.15, 0.2) is 66.7 Å². The zero-order valence-corrected chi connectivity index (χ0v) is 21.3. The smallest absolute Gasteiger partial charge is 0.188 e. The van der Waals surface area contributed by atoms with Gasteiger partial charge in [0.05, 0.1) is 7.11 Å². The lowest BCUT2D eigenvalue weighted by Gasteiger charge is -2.25. The highest BCUT2D eigenvalue weighted by atomic mass is 16.7. The Kier molecular flexibility index (Phi) is 8.11. The minimum absolute atomic E-state index is 0.00370. The summed E-state index contributed by atoms with van der Waals surface area (Å²) in [7, 11) is 7.39. The number of fused-ring (bicyclic) bond motifs is 1. The molecule has 0 saturated heterocycles. The summed E-state index contributed by atoms with van der Waals surface area (Å²) in [5.74, 6) is 2.60. The molecule has 0 radical (unpaired) electrons. The van der Waals surface area contributed by atoms with Gasteiger partial charge in [-0.2, -0.15) is 0 Å². The molecule has 0 N–H and O–H groups in total. The second-order valence-corrected chi connectivity index (χ2v) is 8.97. The van der Waals surface area contributed by atoms with Crippen LogP contribution in [0.5, 0.6) is 17.2 Å². The Labute approximate surface area is 208 Å². The van der Waals surface area contributed by atoms with Crippen molar-refractivity contribution < 1.29 is 18.9 Å². The van der Waals surface area contributed by atoms with Crippen LogP contribution in [0, 0.1) is 0 Å². The lowest BCUT2D eigenvalue weighted by molar-refractivity contribution is 0.0511. The van der Waals surface area contributed by atoms with Crippen LogP contribution in [0.3, 0.4) is 0 Å². The normalized spacial score (nSPS) is 15.4. The summed E-state index contributed by atoms with van der Waals surface area (Å²) in [6.07, 6.45) is 3.11. The van der Waals surface area contributed by atoms with Crippen LogP contribution < -0.4 is 14.2 Å². The maximum atomic E-state index is 6.07. The van der Waals surface area contributed by atoms with Gasteiger partial charge in [0.25, 0.3) is 0 Å². The van der Waals surface area contributed by atoms with Gasteiger partial charge in [-0.15, -0.1) is 0 Å². The monoisotopic (exact) mass is 473 g/mol. The minimum Gasteiger partial charge on any atom is -0.496 e. The van der Waals surface area contributed by atoms with Crippen LogP contribution >= 0.6 is 0 Å². The molecule has 0 spiro atoms. The van der Waals surface area contributed by atoms with Crippen LogP contribution in [0.4, 0.5) is 0 Å². The van der Waals surface area contributed by atoms with Crippen LogP contribution in [-0.2, 0) is 11.2 Å². The van der Waals surface area contributed by atoms with Crippen molar-refractivity contribution >= 4 is 11.1 Å². The van der Waals surface area contributed by atoms with Crippen LogP contribution in [0.2, 0.25) is 0 Å². The first-order valence-electron chi connectivity index (χ1n) is 12.1. The van der Waals surface area contributed by atoms with E-state index < -0.39 is 0 Å². The third-order valence-corrected chi connectivity index (χ3v) is 6.50. The molecule has 1 aliphatic carbocycles. The summed E-state index contributed by atoms with van der Waals surface area (Å²) in [5, 5.41) is 0. The molecule has 0 saturated carbocycles. The van der Waals surface area contributed by atoms with Crippen molar-refractivity contribution in [1.82, 2.24) is 4.90 Å². The van der Waals surface area contributed by atoms with Gasteiger partial charge in [0.15, 0.2) is 6.79 Å². The van der Waals surface area contributed by atoms with Gasteiger partial charge >= 0.3 is 0 Å². The number of hydrogen-bond donors (Lipinski definition) is 0. The first-order chi connectivity index (χ1) is 17.0. The topological polar surface area (TPSA) is 40.2 Å². The predicted molar refractivity (Wildman–Crippen MR) is 141 cm³/mol. The van der Waals surface area contributed by atoms with E-state index in [0.29, 0.717) is 0 Å². The van der Waals surface area contributed by atoms with E-state index in [2.05, 4.69) is 54.6 Å². The van der Waals surface area contributed by atoms with E-state index >= 15 is 0 Å². The van der Waals surface area contributed by atoms with Crippen molar-refractivity contribution in [1.29, 1.82) is 0 Å². The molecule has 1 unspecified atom stereocenters. The van der Waals surface area contributed by atoms with E-state index in [9.17, 15) is 0 Å². The van der Waals surface area contributed by atoms with Gasteiger partial charge in [0, 0.05) is 12.7 Å². The quantitative estimate of drug-likeness (QED) is 0.343. The zero-order valence-electron chi connectivity index (χ0n) is 21.3. The van der Waals surface area contributed by atoms with E-state index in [0.717, 1.165) is 47.6 Å². The molecule has 0 aromatic heterocycles. The zero-order chi connectivity index (χ0) is 24.8. The Morgan fingerprint density at radius 1 is 0.857 bits per heavy atom. The molecule has 35 heavy (non-hydrogen) atoms. The molecule has 0 aliphatic heterocycles. The predicted octanol–water partition coefficient (Wildman–Crippen LogP) is 6.26. The molecule has 1 aliphatic rings. The number of benzene rings is 3. The lowest BCUT2D eigenvalue weighted by atomic mass is 9.80. The largest absolute Gasteiger partial charge is 0.496 e. The summed E-state index contributed by atoms with van der Waals surface area (Å²) in [4.78, 5) is 2.04. The molecule has 1 atom stereocenters. The first-order valence-corrected chi connectivity index (χ1v) is 12.1. The maximum Gasteiger partial charge on any atom is 0.188 e. The van der Waals surface area contributed by atoms with Crippen molar-refractivity contribution in [3.05, 3.63) is 89.0 Å². The Balaban J connectivity index is 1.81. The van der Waals surface area contributed by atoms with E-state index in [-0.39, 0.29) is 13.0 Å². The van der Waals surface area contributed by atoms with E-state index in [1.165, 1.54) is 22.3 Å². The molecule has 184 valence electrons. The molecule has 0 amide bonds. The second-order valence-electron chi connectivity index (χ2n) is 8.97. The number of ether oxygens (including phenoxy) is 4. The van der Waals surface area contributed by atoms with Crippen LogP contribution in [-0.4, -0.2) is 46.2 Å². The average Bonchev–Trinajstić information content (AvgIpc) is 2.89. The number of allylic oxidation sites excluding steroid dienone is 1. The molecule has 5 nitrogen and oxygen atoms in total. The number of methoxy groups -OCH3 is 2. The third kappa shape index (κ3) is 5.69. The molecular weight excluding hydrogens is 438 g/mol. The van der Waals surface area contributed by atoms with Crippen molar-refractivity contribution in [3.63, 3.8) is 0 Å². The van der Waals surface area contributed by atoms with Crippen molar-refractivity contribution in [2.75, 3.05) is 35.1 Å². The molecule has 4 rings (SSSR count). The molecule has 3 aromatic rings. The molecule has 3 aromatic carbocycles. The lowest BCUT2D eigenvalue weighted by Crippen LogP contribution is -2.30. The summed E-state index contributed by atoms with van der Waals surface area (Å²) in [6, 6.07) is 23.0. The Morgan fingerprint density at radius 3 is 2.11 bits per heavy atom. The Hall–Kier alpha value is -3.28. The van der Waals surface area contributed by atoms with Gasteiger partial charge in [0.1, 0.15) is 23.5 Å². The number of rotatable bonds is 9. The third-order valence-electron chi connectivity index (χ3n) is 6.50. The second kappa shape index (κ2) is 11.4. The van der Waals surface area contributed by atoms with Gasteiger partial charge in [-0.3, -0.25) is 4.90 Å². The average molecular weight is 474 g/mol. The van der Waals surface area contributed by atoms with Gasteiger partial charge in [-0.05, 0) is 98.4 Å². The fourth-order valence-electron chi connectivity index (χ4n) is 4.50. The SMILES string of the molecule is COCOc1ccc(C(=C2CCCc3c(OC)cccc32)c2ccc(OC(C)N(C)C)cc2)cc1. The fourth-order valence-corrected chi connectivity index (χ4v) is 4.50. The van der Waals surface area contributed by atoms with Gasteiger partial charge < -0.3 is 18.9 Å². The standard InChI is InChI=1S/C30H35NO4/c1-21(31(2)3)35-25-18-14-23(15-19-25)30(22-12-16-24(17-13-22)34-20-32-4)28-10-6-9-27-26(28)8-7-11-29(27)33-5/h7-8,11-19,21H,6,9-10,20H2,1-5H3. The van der Waals surface area contributed by atoms with E-state index in [1.54, 1.807) is 14.2 Å². The molecule has 5 heteroatoms. The molecule has 0 heterocycles. The highest BCUT2D eigenvalue weighted by Gasteiger charge is 2.22. The van der Waals surface area contributed by atoms with Crippen molar-refractivity contribution in [2.45, 2.75) is 32.4 Å². The van der Waals surface area contributed by atoms with Crippen LogP contribution in [0.25, 0.3) is 11.1 Å². The highest BCUT2D eigenvalue weighted by molar-refractivity contribution is 6.00. The number of hydrogen-bond acceptors (Lipinski definition) is 5. The minimum atomic E-state index is -0.00370. The Bertz CT molecular complexity index is 1150. The maximum absolute atomic E-state index is 6.07. The first kappa shape index (κ1) is 24.8.